The molecule has 0 aliphatic heterocycles. The maximum atomic E-state index is 13.4. The first kappa shape index (κ1) is 24.2. The summed E-state index contributed by atoms with van der Waals surface area (Å²) >= 11 is 12.2. The highest BCUT2D eigenvalue weighted by Crippen LogP contribution is 2.24. The number of hydrogen-bond donors (Lipinski definition) is 1. The van der Waals surface area contributed by atoms with E-state index in [1.807, 2.05) is 65.0 Å². The van der Waals surface area contributed by atoms with Crippen molar-refractivity contribution in [3.05, 3.63) is 69.2 Å². The van der Waals surface area contributed by atoms with Crippen molar-refractivity contribution in [3.63, 3.8) is 0 Å². The molecule has 0 aliphatic carbocycles. The monoisotopic (exact) mass is 448 g/mol. The van der Waals surface area contributed by atoms with Gasteiger partial charge in [0.15, 0.2) is 0 Å². The fourth-order valence-corrected chi connectivity index (χ4v) is 3.60. The molecule has 0 bridgehead atoms. The number of rotatable bonds is 7. The van der Waals surface area contributed by atoms with Crippen LogP contribution in [-0.2, 0) is 22.6 Å². The average Bonchev–Trinajstić information content (AvgIpc) is 2.64. The lowest BCUT2D eigenvalue weighted by Crippen LogP contribution is -2.53. The van der Waals surface area contributed by atoms with Crippen LogP contribution in [0.15, 0.2) is 42.5 Å². The molecule has 162 valence electrons. The first-order valence-corrected chi connectivity index (χ1v) is 10.9. The van der Waals surface area contributed by atoms with Crippen LogP contribution in [0.2, 0.25) is 10.0 Å². The molecule has 0 aromatic heterocycles. The molecular formula is C24H30Cl2N2O2. The molecule has 0 heterocycles. The normalized spacial score (nSPS) is 12.4. The van der Waals surface area contributed by atoms with Crippen LogP contribution in [0.5, 0.6) is 0 Å². The molecule has 0 fully saturated rings. The first-order valence-electron chi connectivity index (χ1n) is 10.1. The zero-order valence-electron chi connectivity index (χ0n) is 18.3. The van der Waals surface area contributed by atoms with Crippen LogP contribution in [0.4, 0.5) is 0 Å². The van der Waals surface area contributed by atoms with E-state index in [1.54, 1.807) is 17.0 Å². The smallest absolute Gasteiger partial charge is 0.243 e. The number of nitrogens with one attached hydrogen (secondary N) is 1. The lowest BCUT2D eigenvalue weighted by molar-refractivity contribution is -0.141. The second-order valence-electron chi connectivity index (χ2n) is 8.54. The number of halogens is 2. The Hall–Kier alpha value is -2.04. The Labute approximate surface area is 189 Å². The van der Waals surface area contributed by atoms with Crippen molar-refractivity contribution in [2.45, 2.75) is 65.6 Å². The van der Waals surface area contributed by atoms with Gasteiger partial charge in [0, 0.05) is 12.1 Å². The van der Waals surface area contributed by atoms with E-state index in [2.05, 4.69) is 5.32 Å². The Bertz CT molecular complexity index is 906. The van der Waals surface area contributed by atoms with E-state index in [9.17, 15) is 9.59 Å². The summed E-state index contributed by atoms with van der Waals surface area (Å²) in [6.07, 6.45) is 0.732. The molecule has 2 amide bonds. The first-order chi connectivity index (χ1) is 14.0. The Kier molecular flexibility index (Phi) is 8.34. The second kappa shape index (κ2) is 10.3. The van der Waals surface area contributed by atoms with Crippen molar-refractivity contribution in [1.82, 2.24) is 10.2 Å². The highest BCUT2D eigenvalue weighted by atomic mass is 35.5. The number of benzene rings is 2. The van der Waals surface area contributed by atoms with Crippen LogP contribution >= 0.6 is 23.2 Å². The summed E-state index contributed by atoms with van der Waals surface area (Å²) in [4.78, 5) is 28.0. The van der Waals surface area contributed by atoms with Crippen molar-refractivity contribution in [1.29, 1.82) is 0 Å². The van der Waals surface area contributed by atoms with E-state index in [0.29, 0.717) is 16.5 Å². The minimum absolute atomic E-state index is 0.105. The Morgan fingerprint density at radius 1 is 1.07 bits per heavy atom. The van der Waals surface area contributed by atoms with Crippen LogP contribution in [-0.4, -0.2) is 28.3 Å². The molecule has 2 aromatic carbocycles. The maximum Gasteiger partial charge on any atom is 0.243 e. The van der Waals surface area contributed by atoms with Gasteiger partial charge in [0.25, 0.3) is 0 Å². The van der Waals surface area contributed by atoms with E-state index < -0.39 is 11.6 Å². The van der Waals surface area contributed by atoms with E-state index in [0.717, 1.165) is 16.7 Å². The van der Waals surface area contributed by atoms with Crippen LogP contribution in [0.1, 0.15) is 50.8 Å². The predicted octanol–water partition coefficient (Wildman–Crippen LogP) is 5.57. The van der Waals surface area contributed by atoms with Gasteiger partial charge < -0.3 is 10.2 Å². The third kappa shape index (κ3) is 6.75. The third-order valence-corrected chi connectivity index (χ3v) is 5.56. The van der Waals surface area contributed by atoms with Gasteiger partial charge in [-0.25, -0.2) is 0 Å². The van der Waals surface area contributed by atoms with Crippen LogP contribution in [0.25, 0.3) is 0 Å². The summed E-state index contributed by atoms with van der Waals surface area (Å²) in [7, 11) is 0. The van der Waals surface area contributed by atoms with Gasteiger partial charge in [-0.2, -0.15) is 0 Å². The zero-order chi connectivity index (χ0) is 22.5. The number of aryl methyl sites for hydroxylation is 1. The Morgan fingerprint density at radius 3 is 2.30 bits per heavy atom. The van der Waals surface area contributed by atoms with Gasteiger partial charge >= 0.3 is 0 Å². The number of amides is 2. The minimum Gasteiger partial charge on any atom is -0.350 e. The van der Waals surface area contributed by atoms with Gasteiger partial charge in [-0.1, -0.05) is 60.5 Å². The lowest BCUT2D eigenvalue weighted by Gasteiger charge is -2.33. The average molecular weight is 449 g/mol. The SMILES string of the molecule is CC[C@H](C(=O)NC(C)(C)C)N(Cc1ccc(Cl)c(Cl)c1)C(=O)Cc1ccccc1C. The molecule has 1 N–H and O–H groups in total. The summed E-state index contributed by atoms with van der Waals surface area (Å²) in [5.74, 6) is -0.269. The van der Waals surface area contributed by atoms with Gasteiger partial charge in [-0.15, -0.1) is 0 Å². The molecule has 0 saturated carbocycles. The van der Waals surface area contributed by atoms with Crippen LogP contribution < -0.4 is 5.32 Å². The second-order valence-corrected chi connectivity index (χ2v) is 9.35. The largest absolute Gasteiger partial charge is 0.350 e. The molecule has 0 saturated heterocycles. The van der Waals surface area contributed by atoms with Gasteiger partial charge in [-0.05, 0) is 62.9 Å². The molecule has 0 unspecified atom stereocenters. The van der Waals surface area contributed by atoms with Gasteiger partial charge in [0.05, 0.1) is 16.5 Å². The lowest BCUT2D eigenvalue weighted by atomic mass is 10.0. The summed E-state index contributed by atoms with van der Waals surface area (Å²) < 4.78 is 0. The molecule has 1 atom stereocenters. The van der Waals surface area contributed by atoms with Crippen molar-refractivity contribution in [2.24, 2.45) is 0 Å². The van der Waals surface area contributed by atoms with Crippen molar-refractivity contribution >= 4 is 35.0 Å². The quantitative estimate of drug-likeness (QED) is 0.601. The highest BCUT2D eigenvalue weighted by Gasteiger charge is 2.30. The van der Waals surface area contributed by atoms with Gasteiger partial charge in [0.2, 0.25) is 11.8 Å². The summed E-state index contributed by atoms with van der Waals surface area (Å²) in [6.45, 7) is 9.95. The summed E-state index contributed by atoms with van der Waals surface area (Å²) in [5, 5.41) is 3.89. The molecule has 2 aromatic rings. The van der Waals surface area contributed by atoms with Crippen molar-refractivity contribution in [2.75, 3.05) is 0 Å². The standard InChI is InChI=1S/C24H30Cl2N2O2/c1-6-21(23(30)27-24(3,4)5)28(15-17-11-12-19(25)20(26)13-17)22(29)14-18-10-8-7-9-16(18)2/h7-13,21H,6,14-15H2,1-5H3,(H,27,30)/t21-/m1/s1. The van der Waals surface area contributed by atoms with Crippen molar-refractivity contribution < 1.29 is 9.59 Å². The number of carbonyl (C=O) groups excluding carboxylic acids is 2. The highest BCUT2D eigenvalue weighted by molar-refractivity contribution is 6.42. The molecule has 0 spiro atoms. The zero-order valence-corrected chi connectivity index (χ0v) is 19.8. The molecular weight excluding hydrogens is 419 g/mol. The van der Waals surface area contributed by atoms with E-state index in [-0.39, 0.29) is 24.8 Å². The number of carbonyl (C=O) groups is 2. The topological polar surface area (TPSA) is 49.4 Å². The van der Waals surface area contributed by atoms with Gasteiger partial charge in [-0.3, -0.25) is 9.59 Å². The maximum absolute atomic E-state index is 13.4. The molecule has 6 heteroatoms. The fourth-order valence-electron chi connectivity index (χ4n) is 3.28. The minimum atomic E-state index is -0.588. The van der Waals surface area contributed by atoms with E-state index in [4.69, 9.17) is 23.2 Å². The third-order valence-electron chi connectivity index (χ3n) is 4.82. The van der Waals surface area contributed by atoms with Crippen LogP contribution in [0, 0.1) is 6.92 Å². The fraction of sp³-hybridized carbons (Fsp3) is 0.417. The predicted molar refractivity (Wildman–Crippen MR) is 124 cm³/mol. The Morgan fingerprint density at radius 2 is 1.73 bits per heavy atom. The molecule has 0 aliphatic rings. The molecule has 2 rings (SSSR count). The number of nitrogens with zero attached hydrogens (tertiary/aromatic N) is 1. The summed E-state index contributed by atoms with van der Waals surface area (Å²) in [5.41, 5.74) is 2.43. The van der Waals surface area contributed by atoms with Crippen LogP contribution in [0.3, 0.4) is 0 Å². The summed E-state index contributed by atoms with van der Waals surface area (Å²) in [6, 6.07) is 12.5. The Balaban J connectivity index is 2.36. The van der Waals surface area contributed by atoms with Gasteiger partial charge in [0.1, 0.15) is 6.04 Å². The van der Waals surface area contributed by atoms with E-state index >= 15 is 0 Å². The molecule has 0 radical (unpaired) electrons. The number of hydrogen-bond acceptors (Lipinski definition) is 2. The van der Waals surface area contributed by atoms with E-state index in [1.165, 1.54) is 0 Å². The van der Waals surface area contributed by atoms with Crippen molar-refractivity contribution in [3.8, 4) is 0 Å². The molecule has 4 nitrogen and oxygen atoms in total. The molecule has 30 heavy (non-hydrogen) atoms.